The highest BCUT2D eigenvalue weighted by Gasteiger charge is 2.25. The Morgan fingerprint density at radius 1 is 0.408 bits per heavy atom. The standard InChI is InChI=1S/C40H82ClO7P/c1-5-7-9-11-13-15-17-19-21-23-25-27-29-31-33-45-35-39(43-3)37-47-49(41,42)48-38-40(44-4)36-46-34-32-30-28-26-24-22-20-18-16-14-12-10-8-6-2/h39-40H,5-38H2,1-4H3. The molecular formula is C40H82ClO7P. The fourth-order valence-corrected chi connectivity index (χ4v) is 7.08. The molecule has 0 spiro atoms. The number of halogens is 1. The number of ether oxygens (including phenoxy) is 4. The molecular weight excluding hydrogens is 659 g/mol. The van der Waals surface area contributed by atoms with Crippen LogP contribution in [0.5, 0.6) is 0 Å². The zero-order valence-corrected chi connectivity index (χ0v) is 34.5. The van der Waals surface area contributed by atoms with Gasteiger partial charge in [0.25, 0.3) is 0 Å². The van der Waals surface area contributed by atoms with E-state index in [1.807, 2.05) is 0 Å². The third-order valence-corrected chi connectivity index (χ3v) is 10.9. The molecule has 0 bridgehead atoms. The molecule has 9 heteroatoms. The molecule has 296 valence electrons. The monoisotopic (exact) mass is 741 g/mol. The minimum Gasteiger partial charge on any atom is -0.379 e. The third kappa shape index (κ3) is 37.8. The van der Waals surface area contributed by atoms with E-state index in [4.69, 9.17) is 39.2 Å². The summed E-state index contributed by atoms with van der Waals surface area (Å²) in [6.07, 6.45) is 36.6. The van der Waals surface area contributed by atoms with E-state index >= 15 is 0 Å². The van der Waals surface area contributed by atoms with Crippen LogP contribution in [-0.4, -0.2) is 66.1 Å². The highest BCUT2D eigenvalue weighted by Crippen LogP contribution is 2.53. The second-order valence-corrected chi connectivity index (χ2v) is 16.7. The van der Waals surface area contributed by atoms with Crippen molar-refractivity contribution < 1.29 is 32.6 Å². The van der Waals surface area contributed by atoms with Crippen LogP contribution in [0.2, 0.25) is 0 Å². The van der Waals surface area contributed by atoms with Gasteiger partial charge in [0, 0.05) is 38.7 Å². The van der Waals surface area contributed by atoms with Crippen LogP contribution >= 0.6 is 18.2 Å². The van der Waals surface area contributed by atoms with Gasteiger partial charge < -0.3 is 18.9 Å². The van der Waals surface area contributed by atoms with E-state index in [1.165, 1.54) is 167 Å². The predicted octanol–water partition coefficient (Wildman–Crippen LogP) is 13.4. The first-order chi connectivity index (χ1) is 24.0. The smallest absolute Gasteiger partial charge is 0.379 e. The minimum absolute atomic E-state index is 0.0310. The van der Waals surface area contributed by atoms with Crippen LogP contribution < -0.4 is 0 Å². The van der Waals surface area contributed by atoms with E-state index in [-0.39, 0.29) is 25.4 Å². The van der Waals surface area contributed by atoms with Gasteiger partial charge in [-0.1, -0.05) is 181 Å². The predicted molar refractivity (Wildman–Crippen MR) is 209 cm³/mol. The van der Waals surface area contributed by atoms with Crippen molar-refractivity contribution in [3.05, 3.63) is 0 Å². The van der Waals surface area contributed by atoms with Gasteiger partial charge in [-0.3, -0.25) is 9.05 Å². The summed E-state index contributed by atoms with van der Waals surface area (Å²) in [4.78, 5) is 0. The van der Waals surface area contributed by atoms with E-state index in [0.29, 0.717) is 26.4 Å². The van der Waals surface area contributed by atoms with Crippen molar-refractivity contribution in [3.63, 3.8) is 0 Å². The summed E-state index contributed by atoms with van der Waals surface area (Å²) in [7, 11) is 3.17. The highest BCUT2D eigenvalue weighted by atomic mass is 35.7. The van der Waals surface area contributed by atoms with E-state index in [9.17, 15) is 4.57 Å². The van der Waals surface area contributed by atoms with Gasteiger partial charge >= 0.3 is 6.95 Å². The quantitative estimate of drug-likeness (QED) is 0.0456. The first-order valence-corrected chi connectivity index (χ1v) is 23.2. The van der Waals surface area contributed by atoms with Gasteiger partial charge in [0.05, 0.1) is 26.4 Å². The molecule has 0 radical (unpaired) electrons. The van der Waals surface area contributed by atoms with Crippen molar-refractivity contribution >= 4 is 18.2 Å². The molecule has 7 nitrogen and oxygen atoms in total. The molecule has 0 aliphatic heterocycles. The Kier molecular flexibility index (Phi) is 39.7. The van der Waals surface area contributed by atoms with Crippen molar-refractivity contribution in [2.45, 2.75) is 206 Å². The average molecular weight is 742 g/mol. The summed E-state index contributed by atoms with van der Waals surface area (Å²) in [6, 6.07) is 0. The minimum atomic E-state index is -3.78. The lowest BCUT2D eigenvalue weighted by Crippen LogP contribution is -2.25. The SMILES string of the molecule is CCCCCCCCCCCCCCCCOCC(COP(=O)(Cl)OCC(COCCCCCCCCCCCCCCCC)OC)OC. The molecule has 0 aromatic rings. The van der Waals surface area contributed by atoms with Crippen molar-refractivity contribution in [2.24, 2.45) is 0 Å². The number of unbranched alkanes of at least 4 members (excludes halogenated alkanes) is 26. The summed E-state index contributed by atoms with van der Waals surface area (Å²) in [5.41, 5.74) is 0. The lowest BCUT2D eigenvalue weighted by Gasteiger charge is -2.20. The molecule has 2 atom stereocenters. The Morgan fingerprint density at radius 3 is 0.898 bits per heavy atom. The fraction of sp³-hybridized carbons (Fsp3) is 1.00. The Balaban J connectivity index is 3.68. The number of rotatable bonds is 42. The second kappa shape index (κ2) is 39.5. The first-order valence-electron chi connectivity index (χ1n) is 20.8. The molecule has 0 aromatic carbocycles. The molecule has 0 fully saturated rings. The molecule has 0 heterocycles. The second-order valence-electron chi connectivity index (χ2n) is 14.1. The summed E-state index contributed by atoms with van der Waals surface area (Å²) in [5, 5.41) is 0. The van der Waals surface area contributed by atoms with Crippen LogP contribution in [0.4, 0.5) is 0 Å². The number of hydrogen-bond donors (Lipinski definition) is 0. The summed E-state index contributed by atoms with van der Waals surface area (Å²) in [5.74, 6) is 0. The Labute approximate surface area is 309 Å². The maximum absolute atomic E-state index is 12.6. The fourth-order valence-electron chi connectivity index (χ4n) is 5.98. The largest absolute Gasteiger partial charge is 0.424 e. The Bertz CT molecular complexity index is 635. The van der Waals surface area contributed by atoms with Crippen LogP contribution in [-0.2, 0) is 32.6 Å². The normalized spacial score (nSPS) is 14.3. The molecule has 0 aromatic heterocycles. The zero-order chi connectivity index (χ0) is 35.9. The van der Waals surface area contributed by atoms with Crippen LogP contribution in [0.25, 0.3) is 0 Å². The Hall–Kier alpha value is 0.280. The van der Waals surface area contributed by atoms with Gasteiger partial charge in [0.15, 0.2) is 0 Å². The number of methoxy groups -OCH3 is 2. The van der Waals surface area contributed by atoms with E-state index in [0.717, 1.165) is 12.8 Å². The van der Waals surface area contributed by atoms with Crippen molar-refractivity contribution in [3.8, 4) is 0 Å². The first kappa shape index (κ1) is 49.3. The third-order valence-electron chi connectivity index (χ3n) is 9.39. The van der Waals surface area contributed by atoms with E-state index < -0.39 is 6.95 Å². The van der Waals surface area contributed by atoms with Crippen LogP contribution in [0.3, 0.4) is 0 Å². The molecule has 0 aliphatic carbocycles. The van der Waals surface area contributed by atoms with E-state index in [1.54, 1.807) is 14.2 Å². The van der Waals surface area contributed by atoms with Gasteiger partial charge in [-0.15, -0.1) is 0 Å². The molecule has 2 unspecified atom stereocenters. The van der Waals surface area contributed by atoms with Crippen molar-refractivity contribution in [1.29, 1.82) is 0 Å². The topological polar surface area (TPSA) is 72.5 Å². The van der Waals surface area contributed by atoms with Crippen LogP contribution in [0, 0.1) is 0 Å². The summed E-state index contributed by atoms with van der Waals surface area (Å²) in [6.45, 7) is 2.92. The highest BCUT2D eigenvalue weighted by molar-refractivity contribution is 7.81. The molecule has 49 heavy (non-hydrogen) atoms. The number of hydrogen-bond acceptors (Lipinski definition) is 7. The molecule has 0 aliphatic rings. The van der Waals surface area contributed by atoms with Crippen molar-refractivity contribution in [2.75, 3.05) is 53.9 Å². The van der Waals surface area contributed by atoms with Crippen molar-refractivity contribution in [1.82, 2.24) is 0 Å². The van der Waals surface area contributed by atoms with Gasteiger partial charge in [0.2, 0.25) is 0 Å². The van der Waals surface area contributed by atoms with Gasteiger partial charge in [-0.05, 0) is 12.8 Å². The average Bonchev–Trinajstić information content (AvgIpc) is 3.10. The lowest BCUT2D eigenvalue weighted by molar-refractivity contribution is -0.0272. The zero-order valence-electron chi connectivity index (χ0n) is 32.9. The summed E-state index contributed by atoms with van der Waals surface area (Å²) < 4.78 is 45.8. The van der Waals surface area contributed by atoms with Gasteiger partial charge in [-0.25, -0.2) is 4.57 Å². The maximum Gasteiger partial charge on any atom is 0.424 e. The molecule has 0 rings (SSSR count). The summed E-state index contributed by atoms with van der Waals surface area (Å²) >= 11 is 6.06. The maximum atomic E-state index is 12.6. The van der Waals surface area contributed by atoms with Gasteiger partial charge in [0.1, 0.15) is 12.2 Å². The van der Waals surface area contributed by atoms with Gasteiger partial charge in [-0.2, -0.15) is 0 Å². The molecule has 0 saturated carbocycles. The van der Waals surface area contributed by atoms with E-state index in [2.05, 4.69) is 13.8 Å². The molecule has 0 amide bonds. The molecule has 0 saturated heterocycles. The molecule has 0 N–H and O–H groups in total. The van der Waals surface area contributed by atoms with Crippen LogP contribution in [0.15, 0.2) is 0 Å². The Morgan fingerprint density at radius 2 is 0.653 bits per heavy atom. The van der Waals surface area contributed by atoms with Crippen LogP contribution in [0.1, 0.15) is 194 Å². The lowest BCUT2D eigenvalue weighted by atomic mass is 10.0.